The van der Waals surface area contributed by atoms with Crippen LogP contribution in [0.15, 0.2) is 29.6 Å². The number of carbonyl (C=O) groups is 1. The number of piperidine rings is 1. The van der Waals surface area contributed by atoms with Crippen LogP contribution in [0.3, 0.4) is 0 Å². The normalized spacial score (nSPS) is 18.6. The van der Waals surface area contributed by atoms with Crippen molar-refractivity contribution < 1.29 is 9.18 Å². The number of carbonyl (C=O) groups excluding carboxylic acids is 1. The van der Waals surface area contributed by atoms with E-state index in [2.05, 4.69) is 31.7 Å². The molecule has 2 aliphatic heterocycles. The standard InChI is InChI=1S/C21H23FN6OS/c1-14-23-17(12-30-14)20(29)27-9-7-21(8-10-27)13-26(2)11-18-24-25-19(28(18)21)15-3-5-16(22)6-4-15/h3-6,12H,7-11,13H2,1-2H3. The highest BCUT2D eigenvalue weighted by Crippen LogP contribution is 2.39. The number of nitrogens with zero attached hydrogens (tertiary/aromatic N) is 6. The SMILES string of the molecule is Cc1nc(C(=O)N2CCC3(CC2)CN(C)Cc2nnc(-c4ccc(F)cc4)n23)cs1. The van der Waals surface area contributed by atoms with Gasteiger partial charge in [-0.05, 0) is 51.1 Å². The molecule has 4 heterocycles. The van der Waals surface area contributed by atoms with E-state index in [1.807, 2.05) is 17.2 Å². The molecule has 156 valence electrons. The van der Waals surface area contributed by atoms with Crippen LogP contribution in [-0.2, 0) is 12.1 Å². The molecule has 0 atom stereocenters. The van der Waals surface area contributed by atoms with Crippen molar-refractivity contribution >= 4 is 17.2 Å². The van der Waals surface area contributed by atoms with Crippen LogP contribution in [0.5, 0.6) is 0 Å². The zero-order valence-electron chi connectivity index (χ0n) is 17.0. The van der Waals surface area contributed by atoms with E-state index in [-0.39, 0.29) is 17.3 Å². The largest absolute Gasteiger partial charge is 0.337 e. The molecule has 2 aliphatic rings. The van der Waals surface area contributed by atoms with Crippen LogP contribution in [0.2, 0.25) is 0 Å². The van der Waals surface area contributed by atoms with Crippen LogP contribution in [0.4, 0.5) is 4.39 Å². The first-order chi connectivity index (χ1) is 14.4. The van der Waals surface area contributed by atoms with Gasteiger partial charge in [0.25, 0.3) is 5.91 Å². The lowest BCUT2D eigenvalue weighted by molar-refractivity contribution is 0.0406. The lowest BCUT2D eigenvalue weighted by Crippen LogP contribution is -2.56. The van der Waals surface area contributed by atoms with Crippen molar-refractivity contribution in [3.8, 4) is 11.4 Å². The Hall–Kier alpha value is -2.65. The maximum atomic E-state index is 13.4. The fraction of sp³-hybridized carbons (Fsp3) is 0.429. The van der Waals surface area contributed by atoms with E-state index in [0.717, 1.165) is 48.2 Å². The highest BCUT2D eigenvalue weighted by atomic mass is 32.1. The molecule has 1 fully saturated rings. The number of rotatable bonds is 2. The Labute approximate surface area is 178 Å². The second-order valence-electron chi connectivity index (χ2n) is 8.22. The van der Waals surface area contributed by atoms with Gasteiger partial charge in [0.15, 0.2) is 5.82 Å². The zero-order chi connectivity index (χ0) is 20.9. The minimum atomic E-state index is -0.268. The Kier molecular flexibility index (Phi) is 4.67. The number of halogens is 1. The molecule has 2 aromatic heterocycles. The highest BCUT2D eigenvalue weighted by Gasteiger charge is 2.44. The summed E-state index contributed by atoms with van der Waals surface area (Å²) in [6, 6.07) is 6.41. The Bertz CT molecular complexity index is 1080. The number of fused-ring (bicyclic) bond motifs is 2. The third-order valence-corrected chi connectivity index (χ3v) is 6.88. The van der Waals surface area contributed by atoms with E-state index in [9.17, 15) is 9.18 Å². The topological polar surface area (TPSA) is 67.2 Å². The molecule has 1 amide bonds. The third-order valence-electron chi connectivity index (χ3n) is 6.10. The van der Waals surface area contributed by atoms with Gasteiger partial charge in [0, 0.05) is 30.6 Å². The number of likely N-dealkylation sites (N-methyl/N-ethyl adjacent to an activating group) is 1. The van der Waals surface area contributed by atoms with Crippen molar-refractivity contribution in [2.24, 2.45) is 0 Å². The van der Waals surface area contributed by atoms with Gasteiger partial charge in [-0.15, -0.1) is 21.5 Å². The minimum Gasteiger partial charge on any atom is -0.337 e. The Morgan fingerprint density at radius 1 is 1.17 bits per heavy atom. The Balaban J connectivity index is 1.45. The fourth-order valence-corrected chi connectivity index (χ4v) is 5.29. The van der Waals surface area contributed by atoms with E-state index in [1.165, 1.54) is 23.5 Å². The van der Waals surface area contributed by atoms with Crippen LogP contribution >= 0.6 is 11.3 Å². The summed E-state index contributed by atoms with van der Waals surface area (Å²) >= 11 is 1.50. The van der Waals surface area contributed by atoms with Gasteiger partial charge in [0.2, 0.25) is 0 Å². The Morgan fingerprint density at radius 2 is 1.90 bits per heavy atom. The van der Waals surface area contributed by atoms with Gasteiger partial charge in [0.1, 0.15) is 17.3 Å². The molecule has 0 radical (unpaired) electrons. The van der Waals surface area contributed by atoms with Gasteiger partial charge in [-0.2, -0.15) is 0 Å². The smallest absolute Gasteiger partial charge is 0.273 e. The molecule has 3 aromatic rings. The lowest BCUT2D eigenvalue weighted by atomic mass is 9.84. The number of likely N-dealkylation sites (tertiary alicyclic amines) is 1. The lowest BCUT2D eigenvalue weighted by Gasteiger charge is -2.48. The van der Waals surface area contributed by atoms with Crippen LogP contribution in [0, 0.1) is 12.7 Å². The zero-order valence-corrected chi connectivity index (χ0v) is 17.8. The third kappa shape index (κ3) is 3.22. The van der Waals surface area contributed by atoms with E-state index >= 15 is 0 Å². The first-order valence-corrected chi connectivity index (χ1v) is 10.9. The molecule has 0 bridgehead atoms. The highest BCUT2D eigenvalue weighted by molar-refractivity contribution is 7.09. The van der Waals surface area contributed by atoms with E-state index < -0.39 is 0 Å². The van der Waals surface area contributed by atoms with Crippen molar-refractivity contribution in [1.82, 2.24) is 29.5 Å². The average Bonchev–Trinajstić information content (AvgIpc) is 3.35. The van der Waals surface area contributed by atoms with Gasteiger partial charge in [-0.1, -0.05) is 0 Å². The monoisotopic (exact) mass is 426 g/mol. The van der Waals surface area contributed by atoms with Gasteiger partial charge in [-0.25, -0.2) is 9.37 Å². The van der Waals surface area contributed by atoms with E-state index in [0.29, 0.717) is 18.8 Å². The predicted molar refractivity (Wildman–Crippen MR) is 112 cm³/mol. The summed E-state index contributed by atoms with van der Waals surface area (Å²) in [5, 5.41) is 11.6. The predicted octanol–water partition coefficient (Wildman–Crippen LogP) is 2.93. The number of hydrogen-bond acceptors (Lipinski definition) is 6. The molecule has 1 saturated heterocycles. The van der Waals surface area contributed by atoms with Gasteiger partial charge < -0.3 is 9.47 Å². The van der Waals surface area contributed by atoms with Crippen LogP contribution in [0.25, 0.3) is 11.4 Å². The maximum Gasteiger partial charge on any atom is 0.273 e. The van der Waals surface area contributed by atoms with Crippen molar-refractivity contribution in [2.45, 2.75) is 31.8 Å². The summed E-state index contributed by atoms with van der Waals surface area (Å²) in [4.78, 5) is 21.4. The molecule has 7 nitrogen and oxygen atoms in total. The number of amides is 1. The molecule has 9 heteroatoms. The van der Waals surface area contributed by atoms with Crippen LogP contribution < -0.4 is 0 Å². The van der Waals surface area contributed by atoms with Crippen LogP contribution in [0.1, 0.15) is 34.2 Å². The molecule has 0 aliphatic carbocycles. The van der Waals surface area contributed by atoms with Gasteiger partial charge >= 0.3 is 0 Å². The molecule has 0 saturated carbocycles. The summed E-state index contributed by atoms with van der Waals surface area (Å²) in [5.41, 5.74) is 1.20. The number of thiazole rings is 1. The second-order valence-corrected chi connectivity index (χ2v) is 9.28. The average molecular weight is 427 g/mol. The number of benzene rings is 1. The number of aromatic nitrogens is 4. The first-order valence-electron chi connectivity index (χ1n) is 10.1. The van der Waals surface area contributed by atoms with Crippen molar-refractivity contribution in [3.63, 3.8) is 0 Å². The number of hydrogen-bond donors (Lipinski definition) is 0. The van der Waals surface area contributed by atoms with Crippen molar-refractivity contribution in [3.05, 3.63) is 52.0 Å². The summed E-state index contributed by atoms with van der Waals surface area (Å²) in [6.07, 6.45) is 1.62. The molecule has 30 heavy (non-hydrogen) atoms. The molecule has 5 rings (SSSR count). The fourth-order valence-electron chi connectivity index (χ4n) is 4.71. The van der Waals surface area contributed by atoms with Gasteiger partial charge in [-0.3, -0.25) is 9.69 Å². The minimum absolute atomic E-state index is 0.00102. The molecule has 0 unspecified atom stereocenters. The van der Waals surface area contributed by atoms with Gasteiger partial charge in [0.05, 0.1) is 17.1 Å². The summed E-state index contributed by atoms with van der Waals surface area (Å²) < 4.78 is 15.7. The molecular weight excluding hydrogens is 403 g/mol. The molecule has 1 aromatic carbocycles. The summed E-state index contributed by atoms with van der Waals surface area (Å²) in [5.74, 6) is 1.42. The molecule has 0 N–H and O–H groups in total. The Morgan fingerprint density at radius 3 is 2.57 bits per heavy atom. The van der Waals surface area contributed by atoms with Crippen molar-refractivity contribution in [2.75, 3.05) is 26.7 Å². The first kappa shape index (κ1) is 19.3. The molecule has 1 spiro atoms. The number of aryl methyl sites for hydroxylation is 1. The van der Waals surface area contributed by atoms with E-state index in [1.54, 1.807) is 12.1 Å². The maximum absolute atomic E-state index is 13.4. The summed E-state index contributed by atoms with van der Waals surface area (Å²) in [6.45, 7) is 4.81. The summed E-state index contributed by atoms with van der Waals surface area (Å²) in [7, 11) is 2.09. The second kappa shape index (κ2) is 7.24. The molecular formula is C21H23FN6OS. The quantitative estimate of drug-likeness (QED) is 0.630. The van der Waals surface area contributed by atoms with E-state index in [4.69, 9.17) is 0 Å². The van der Waals surface area contributed by atoms with Crippen molar-refractivity contribution in [1.29, 1.82) is 0 Å². The van der Waals surface area contributed by atoms with Crippen LogP contribution in [-0.4, -0.2) is 62.1 Å².